The van der Waals surface area contributed by atoms with Crippen molar-refractivity contribution in [3.05, 3.63) is 47.5 Å². The van der Waals surface area contributed by atoms with E-state index in [0.717, 1.165) is 5.69 Å². The van der Waals surface area contributed by atoms with Gasteiger partial charge in [0.15, 0.2) is 0 Å². The number of para-hydroxylation sites is 1. The summed E-state index contributed by atoms with van der Waals surface area (Å²) in [5.74, 6) is 0. The Morgan fingerprint density at radius 1 is 1.44 bits per heavy atom. The second-order valence-corrected chi connectivity index (χ2v) is 3.82. The lowest BCUT2D eigenvalue weighted by atomic mass is 10.3. The van der Waals surface area contributed by atoms with Crippen LogP contribution in [0.4, 0.5) is 0 Å². The lowest BCUT2D eigenvalue weighted by Gasteiger charge is -2.04. The largest absolute Gasteiger partial charge is 0.385 e. The molecular weight excluding hydrogens is 226 g/mol. The third-order valence-corrected chi connectivity index (χ3v) is 2.62. The first-order chi connectivity index (χ1) is 7.72. The smallest absolute Gasteiger partial charge is 0.110 e. The quantitative estimate of drug-likeness (QED) is 0.851. The molecule has 0 saturated heterocycles. The highest BCUT2D eigenvalue weighted by atomic mass is 35.5. The highest BCUT2D eigenvalue weighted by Crippen LogP contribution is 2.20. The van der Waals surface area contributed by atoms with E-state index in [1.807, 2.05) is 18.2 Å². The number of hydrogen-bond donors (Lipinski definition) is 2. The summed E-state index contributed by atoms with van der Waals surface area (Å²) in [7, 11) is 0. The number of aliphatic hydroxyl groups is 1. The Hall–Kier alpha value is -1.36. The summed E-state index contributed by atoms with van der Waals surface area (Å²) >= 11 is 6.05. The molecule has 84 valence electrons. The van der Waals surface area contributed by atoms with Crippen LogP contribution in [0, 0.1) is 0 Å². The van der Waals surface area contributed by atoms with E-state index < -0.39 is 6.10 Å². The Bertz CT molecular complexity index is 484. The SMILES string of the molecule is NCC(O)c1cn(-c2ccccc2Cl)cn1. The molecule has 1 aromatic heterocycles. The molecule has 1 aromatic carbocycles. The van der Waals surface area contributed by atoms with Crippen molar-refractivity contribution in [3.8, 4) is 5.69 Å². The Morgan fingerprint density at radius 3 is 2.88 bits per heavy atom. The van der Waals surface area contributed by atoms with Gasteiger partial charge in [-0.15, -0.1) is 0 Å². The van der Waals surface area contributed by atoms with Gasteiger partial charge in [0.1, 0.15) is 6.10 Å². The van der Waals surface area contributed by atoms with Gasteiger partial charge >= 0.3 is 0 Å². The Morgan fingerprint density at radius 2 is 2.19 bits per heavy atom. The number of benzene rings is 1. The minimum atomic E-state index is -0.733. The van der Waals surface area contributed by atoms with Gasteiger partial charge < -0.3 is 15.4 Å². The van der Waals surface area contributed by atoms with Crippen molar-refractivity contribution in [2.24, 2.45) is 5.73 Å². The van der Waals surface area contributed by atoms with E-state index >= 15 is 0 Å². The summed E-state index contributed by atoms with van der Waals surface area (Å²) in [5, 5.41) is 10.2. The average molecular weight is 238 g/mol. The first-order valence-electron chi connectivity index (χ1n) is 4.89. The molecule has 0 spiro atoms. The summed E-state index contributed by atoms with van der Waals surface area (Å²) in [6.07, 6.45) is 2.59. The molecule has 0 aliphatic heterocycles. The molecule has 0 bridgehead atoms. The van der Waals surface area contributed by atoms with E-state index in [4.69, 9.17) is 17.3 Å². The third kappa shape index (κ3) is 2.09. The van der Waals surface area contributed by atoms with E-state index in [0.29, 0.717) is 10.7 Å². The number of aliphatic hydroxyl groups excluding tert-OH is 1. The zero-order valence-electron chi connectivity index (χ0n) is 8.55. The fraction of sp³-hybridized carbons (Fsp3) is 0.182. The monoisotopic (exact) mass is 237 g/mol. The zero-order chi connectivity index (χ0) is 11.5. The second-order valence-electron chi connectivity index (χ2n) is 3.41. The molecule has 5 heteroatoms. The molecule has 2 aromatic rings. The van der Waals surface area contributed by atoms with Gasteiger partial charge in [-0.2, -0.15) is 0 Å². The molecule has 0 aliphatic carbocycles. The topological polar surface area (TPSA) is 64.1 Å². The van der Waals surface area contributed by atoms with Crippen LogP contribution < -0.4 is 5.73 Å². The molecule has 0 aliphatic rings. The van der Waals surface area contributed by atoms with Crippen molar-refractivity contribution < 1.29 is 5.11 Å². The summed E-state index contributed by atoms with van der Waals surface area (Å²) in [4.78, 5) is 4.08. The van der Waals surface area contributed by atoms with Gasteiger partial charge in [0.25, 0.3) is 0 Å². The maximum absolute atomic E-state index is 9.52. The number of hydrogen-bond acceptors (Lipinski definition) is 3. The fourth-order valence-corrected chi connectivity index (χ4v) is 1.66. The number of nitrogens with two attached hydrogens (primary N) is 1. The van der Waals surface area contributed by atoms with Crippen LogP contribution in [0.3, 0.4) is 0 Å². The van der Waals surface area contributed by atoms with Crippen LogP contribution in [-0.2, 0) is 0 Å². The van der Waals surface area contributed by atoms with Crippen LogP contribution in [0.25, 0.3) is 5.69 Å². The zero-order valence-corrected chi connectivity index (χ0v) is 9.30. The van der Waals surface area contributed by atoms with Crippen LogP contribution in [-0.4, -0.2) is 21.2 Å². The van der Waals surface area contributed by atoms with Gasteiger partial charge in [0, 0.05) is 12.7 Å². The van der Waals surface area contributed by atoms with Crippen LogP contribution in [0.1, 0.15) is 11.8 Å². The Labute approximate surface area is 98.3 Å². The highest BCUT2D eigenvalue weighted by Gasteiger charge is 2.10. The summed E-state index contributed by atoms with van der Waals surface area (Å²) in [5.41, 5.74) is 6.73. The molecular formula is C11H12ClN3O. The predicted molar refractivity (Wildman–Crippen MR) is 62.6 cm³/mol. The van der Waals surface area contributed by atoms with Crippen molar-refractivity contribution in [3.63, 3.8) is 0 Å². The fourth-order valence-electron chi connectivity index (χ4n) is 1.42. The number of rotatable bonds is 3. The Kier molecular flexibility index (Phi) is 3.24. The second kappa shape index (κ2) is 4.65. The van der Waals surface area contributed by atoms with Gasteiger partial charge in [-0.25, -0.2) is 4.98 Å². The maximum Gasteiger partial charge on any atom is 0.110 e. The number of nitrogens with zero attached hydrogens (tertiary/aromatic N) is 2. The van der Waals surface area contributed by atoms with Crippen LogP contribution in [0.2, 0.25) is 5.02 Å². The first kappa shape index (κ1) is 11.1. The first-order valence-corrected chi connectivity index (χ1v) is 5.27. The molecule has 0 radical (unpaired) electrons. The highest BCUT2D eigenvalue weighted by molar-refractivity contribution is 6.32. The normalized spacial score (nSPS) is 12.7. The lowest BCUT2D eigenvalue weighted by Crippen LogP contribution is -2.11. The van der Waals surface area contributed by atoms with Gasteiger partial charge in [0.2, 0.25) is 0 Å². The number of imidazole rings is 1. The third-order valence-electron chi connectivity index (χ3n) is 2.30. The van der Waals surface area contributed by atoms with E-state index in [-0.39, 0.29) is 6.54 Å². The molecule has 3 N–H and O–H groups in total. The number of aromatic nitrogens is 2. The van der Waals surface area contributed by atoms with Gasteiger partial charge in [-0.3, -0.25) is 0 Å². The van der Waals surface area contributed by atoms with Crippen molar-refractivity contribution >= 4 is 11.6 Å². The van der Waals surface area contributed by atoms with Gasteiger partial charge in [-0.1, -0.05) is 23.7 Å². The molecule has 4 nitrogen and oxygen atoms in total. The molecule has 1 unspecified atom stereocenters. The molecule has 2 rings (SSSR count). The van der Waals surface area contributed by atoms with Crippen LogP contribution >= 0.6 is 11.6 Å². The van der Waals surface area contributed by atoms with E-state index in [1.165, 1.54) is 0 Å². The van der Waals surface area contributed by atoms with E-state index in [1.54, 1.807) is 23.2 Å². The van der Waals surface area contributed by atoms with Crippen molar-refractivity contribution in [1.82, 2.24) is 9.55 Å². The minimum absolute atomic E-state index is 0.152. The Balaban J connectivity index is 2.35. The summed E-state index contributed by atoms with van der Waals surface area (Å²) in [6.45, 7) is 0.152. The molecule has 0 saturated carbocycles. The van der Waals surface area contributed by atoms with Gasteiger partial charge in [-0.05, 0) is 12.1 Å². The van der Waals surface area contributed by atoms with Crippen molar-refractivity contribution in [2.45, 2.75) is 6.10 Å². The van der Waals surface area contributed by atoms with Gasteiger partial charge in [0.05, 0.1) is 22.7 Å². The standard InChI is InChI=1S/C11H12ClN3O/c12-8-3-1-2-4-10(8)15-6-9(14-7-15)11(16)5-13/h1-4,6-7,11,16H,5,13H2. The summed E-state index contributed by atoms with van der Waals surface area (Å²) < 4.78 is 1.76. The molecule has 16 heavy (non-hydrogen) atoms. The maximum atomic E-state index is 9.52. The molecule has 1 atom stereocenters. The lowest BCUT2D eigenvalue weighted by molar-refractivity contribution is 0.182. The average Bonchev–Trinajstić information content (AvgIpc) is 2.78. The van der Waals surface area contributed by atoms with Crippen molar-refractivity contribution in [2.75, 3.05) is 6.54 Å². The van der Waals surface area contributed by atoms with Crippen molar-refractivity contribution in [1.29, 1.82) is 0 Å². The van der Waals surface area contributed by atoms with E-state index in [9.17, 15) is 5.11 Å². The number of halogens is 1. The molecule has 0 fully saturated rings. The van der Waals surface area contributed by atoms with Crippen LogP contribution in [0.5, 0.6) is 0 Å². The van der Waals surface area contributed by atoms with E-state index in [2.05, 4.69) is 4.98 Å². The molecule has 0 amide bonds. The van der Waals surface area contributed by atoms with Crippen LogP contribution in [0.15, 0.2) is 36.8 Å². The predicted octanol–water partition coefficient (Wildman–Crippen LogP) is 1.52. The minimum Gasteiger partial charge on any atom is -0.385 e. The molecule has 1 heterocycles. The summed E-state index contributed by atoms with van der Waals surface area (Å²) in [6, 6.07) is 7.43.